The molecule has 20 heavy (non-hydrogen) atoms. The normalized spacial score (nSPS) is 9.75. The number of aryl methyl sites for hydroxylation is 1. The van der Waals surface area contributed by atoms with E-state index in [1.807, 2.05) is 37.3 Å². The molecule has 0 aliphatic heterocycles. The number of thiophene rings is 1. The molecule has 3 nitrogen and oxygen atoms in total. The molecule has 2 N–H and O–H groups in total. The number of hydrogen-bond acceptors (Lipinski definition) is 3. The number of anilines is 1. The topological polar surface area (TPSA) is 46.3 Å². The van der Waals surface area contributed by atoms with Crippen molar-refractivity contribution in [3.8, 4) is 11.8 Å². The average Bonchev–Trinajstić information content (AvgIpc) is 2.93. The first kappa shape index (κ1) is 14.3. The molecule has 1 heterocycles. The molecule has 0 unspecified atom stereocenters. The Labute approximate surface area is 123 Å². The number of rotatable bonds is 2. The summed E-state index contributed by atoms with van der Waals surface area (Å²) in [5, 5.41) is 0. The Morgan fingerprint density at radius 2 is 1.95 bits per heavy atom. The van der Waals surface area contributed by atoms with Gasteiger partial charge in [-0.15, -0.1) is 11.3 Å². The minimum atomic E-state index is -0.0281. The van der Waals surface area contributed by atoms with Crippen molar-refractivity contribution in [2.45, 2.75) is 6.92 Å². The molecule has 102 valence electrons. The minimum Gasteiger partial charge on any atom is -0.320 e. The van der Waals surface area contributed by atoms with Crippen molar-refractivity contribution in [1.29, 1.82) is 0 Å². The van der Waals surface area contributed by atoms with E-state index in [0.29, 0.717) is 11.4 Å². The van der Waals surface area contributed by atoms with E-state index in [1.54, 1.807) is 18.0 Å². The quantitative estimate of drug-likeness (QED) is 0.862. The zero-order valence-electron chi connectivity index (χ0n) is 11.5. The highest BCUT2D eigenvalue weighted by molar-refractivity contribution is 7.14. The zero-order valence-corrected chi connectivity index (χ0v) is 12.3. The highest BCUT2D eigenvalue weighted by Gasteiger charge is 2.15. The van der Waals surface area contributed by atoms with Crippen molar-refractivity contribution in [2.75, 3.05) is 18.5 Å². The summed E-state index contributed by atoms with van der Waals surface area (Å²) in [5.41, 5.74) is 7.38. The molecule has 0 atom stereocenters. The van der Waals surface area contributed by atoms with Crippen LogP contribution >= 0.6 is 11.3 Å². The fourth-order valence-electron chi connectivity index (χ4n) is 1.71. The highest BCUT2D eigenvalue weighted by atomic mass is 32.1. The summed E-state index contributed by atoms with van der Waals surface area (Å²) in [7, 11) is 1.78. The van der Waals surface area contributed by atoms with Crippen molar-refractivity contribution in [2.24, 2.45) is 5.73 Å². The molecule has 0 fully saturated rings. The van der Waals surface area contributed by atoms with Crippen LogP contribution in [0, 0.1) is 18.8 Å². The van der Waals surface area contributed by atoms with Crippen LogP contribution in [0.25, 0.3) is 0 Å². The van der Waals surface area contributed by atoms with Gasteiger partial charge in [0.05, 0.1) is 16.3 Å². The molecule has 0 bridgehead atoms. The van der Waals surface area contributed by atoms with E-state index in [2.05, 4.69) is 11.8 Å². The van der Waals surface area contributed by atoms with Crippen molar-refractivity contribution < 1.29 is 4.79 Å². The lowest BCUT2D eigenvalue weighted by molar-refractivity contribution is 0.0997. The van der Waals surface area contributed by atoms with Crippen LogP contribution in [0.1, 0.15) is 20.1 Å². The third-order valence-corrected chi connectivity index (χ3v) is 3.85. The lowest BCUT2D eigenvalue weighted by Crippen LogP contribution is -2.25. The summed E-state index contributed by atoms with van der Waals surface area (Å²) >= 11 is 1.39. The third kappa shape index (κ3) is 3.27. The van der Waals surface area contributed by atoms with Crippen molar-refractivity contribution in [3.63, 3.8) is 0 Å². The van der Waals surface area contributed by atoms with E-state index in [4.69, 9.17) is 5.73 Å². The molecule has 0 saturated heterocycles. The van der Waals surface area contributed by atoms with Crippen LogP contribution < -0.4 is 10.6 Å². The maximum atomic E-state index is 12.4. The number of carbonyl (C=O) groups is 1. The second-order valence-electron chi connectivity index (χ2n) is 4.37. The van der Waals surface area contributed by atoms with Gasteiger partial charge in [0.1, 0.15) is 0 Å². The smallest absolute Gasteiger partial charge is 0.268 e. The Balaban J connectivity index is 2.18. The number of nitrogens with two attached hydrogens (primary N) is 1. The largest absolute Gasteiger partial charge is 0.320 e. The van der Waals surface area contributed by atoms with Crippen molar-refractivity contribution in [1.82, 2.24) is 0 Å². The van der Waals surface area contributed by atoms with Gasteiger partial charge in [0.15, 0.2) is 0 Å². The van der Waals surface area contributed by atoms with E-state index in [1.165, 1.54) is 16.9 Å². The first-order chi connectivity index (χ1) is 9.61. The van der Waals surface area contributed by atoms with Gasteiger partial charge < -0.3 is 10.6 Å². The predicted molar refractivity (Wildman–Crippen MR) is 84.2 cm³/mol. The highest BCUT2D eigenvalue weighted by Crippen LogP contribution is 2.21. The fraction of sp³-hybridized carbons (Fsp3) is 0.188. The van der Waals surface area contributed by atoms with Crippen LogP contribution in [-0.2, 0) is 0 Å². The van der Waals surface area contributed by atoms with Gasteiger partial charge in [0, 0.05) is 12.7 Å². The Morgan fingerprint density at radius 3 is 2.60 bits per heavy atom. The molecular formula is C16H16N2OS. The molecule has 1 amide bonds. The van der Waals surface area contributed by atoms with Gasteiger partial charge in [-0.05, 0) is 31.2 Å². The molecule has 0 radical (unpaired) electrons. The van der Waals surface area contributed by atoms with E-state index in [0.717, 1.165) is 10.6 Å². The van der Waals surface area contributed by atoms with Crippen molar-refractivity contribution >= 4 is 22.9 Å². The molecule has 0 aliphatic rings. The Hall–Kier alpha value is -2.09. The molecule has 0 saturated carbocycles. The van der Waals surface area contributed by atoms with Gasteiger partial charge in [0.25, 0.3) is 5.91 Å². The monoisotopic (exact) mass is 284 g/mol. The van der Waals surface area contributed by atoms with Gasteiger partial charge in [-0.3, -0.25) is 4.79 Å². The summed E-state index contributed by atoms with van der Waals surface area (Å²) in [6, 6.07) is 11.5. The van der Waals surface area contributed by atoms with Crippen LogP contribution in [0.2, 0.25) is 0 Å². The molecule has 0 spiro atoms. The van der Waals surface area contributed by atoms with E-state index in [-0.39, 0.29) is 5.91 Å². The molecule has 1 aromatic carbocycles. The Kier molecular flexibility index (Phi) is 4.57. The van der Waals surface area contributed by atoms with E-state index in [9.17, 15) is 4.79 Å². The summed E-state index contributed by atoms with van der Waals surface area (Å²) in [5.74, 6) is 5.70. The summed E-state index contributed by atoms with van der Waals surface area (Å²) in [6.07, 6.45) is 0. The lowest BCUT2D eigenvalue weighted by atomic mass is 10.2. The fourth-order valence-corrected chi connectivity index (χ4v) is 2.57. The third-order valence-electron chi connectivity index (χ3n) is 2.86. The van der Waals surface area contributed by atoms with Crippen molar-refractivity contribution in [3.05, 3.63) is 51.7 Å². The minimum absolute atomic E-state index is 0.0281. The standard InChI is InChI=1S/C16H16N2OS/c1-12-5-7-13(8-6-12)18(2)16(19)15-10-9-14(20-15)4-3-11-17/h5-10H,11,17H2,1-2H3. The average molecular weight is 284 g/mol. The lowest BCUT2D eigenvalue weighted by Gasteiger charge is -2.16. The zero-order chi connectivity index (χ0) is 14.5. The Morgan fingerprint density at radius 1 is 1.25 bits per heavy atom. The van der Waals surface area contributed by atoms with Gasteiger partial charge >= 0.3 is 0 Å². The maximum Gasteiger partial charge on any atom is 0.268 e. The molecule has 2 aromatic rings. The molecule has 0 aliphatic carbocycles. The van der Waals surface area contributed by atoms with E-state index >= 15 is 0 Å². The summed E-state index contributed by atoms with van der Waals surface area (Å²) < 4.78 is 0. The van der Waals surface area contributed by atoms with Gasteiger partial charge in [-0.25, -0.2) is 0 Å². The number of benzene rings is 1. The number of nitrogens with zero attached hydrogens (tertiary/aromatic N) is 1. The van der Waals surface area contributed by atoms with E-state index < -0.39 is 0 Å². The summed E-state index contributed by atoms with van der Waals surface area (Å²) in [6.45, 7) is 2.34. The maximum absolute atomic E-state index is 12.4. The van der Waals surface area contributed by atoms with Gasteiger partial charge in [-0.1, -0.05) is 29.5 Å². The van der Waals surface area contributed by atoms with Crippen LogP contribution in [-0.4, -0.2) is 19.5 Å². The first-order valence-corrected chi connectivity index (χ1v) is 7.07. The second-order valence-corrected chi connectivity index (χ2v) is 5.45. The Bertz CT molecular complexity index is 662. The van der Waals surface area contributed by atoms with Crippen LogP contribution in [0.5, 0.6) is 0 Å². The second kappa shape index (κ2) is 6.38. The number of carbonyl (C=O) groups excluding carboxylic acids is 1. The predicted octanol–water partition coefficient (Wildman–Crippen LogP) is 2.64. The van der Waals surface area contributed by atoms with Crippen LogP contribution in [0.15, 0.2) is 36.4 Å². The van der Waals surface area contributed by atoms with Crippen LogP contribution in [0.4, 0.5) is 5.69 Å². The summed E-state index contributed by atoms with van der Waals surface area (Å²) in [4.78, 5) is 15.6. The van der Waals surface area contributed by atoms with Gasteiger partial charge in [0.2, 0.25) is 0 Å². The molecule has 2 rings (SSSR count). The number of amides is 1. The van der Waals surface area contributed by atoms with Crippen LogP contribution in [0.3, 0.4) is 0 Å². The molecular weight excluding hydrogens is 268 g/mol. The number of hydrogen-bond donors (Lipinski definition) is 1. The van der Waals surface area contributed by atoms with Gasteiger partial charge in [-0.2, -0.15) is 0 Å². The molecule has 4 heteroatoms. The first-order valence-electron chi connectivity index (χ1n) is 6.25. The SMILES string of the molecule is Cc1ccc(N(C)C(=O)c2ccc(C#CCN)s2)cc1. The molecule has 1 aromatic heterocycles.